The maximum absolute atomic E-state index is 15.4. The molecule has 0 aliphatic rings. The van der Waals surface area contributed by atoms with Gasteiger partial charge in [-0.15, -0.1) is 0 Å². The minimum absolute atomic E-state index is 0.0132. The summed E-state index contributed by atoms with van der Waals surface area (Å²) in [5.74, 6) is -1.58. The van der Waals surface area contributed by atoms with Crippen molar-refractivity contribution in [1.29, 1.82) is 0 Å². The van der Waals surface area contributed by atoms with Gasteiger partial charge in [-0.1, -0.05) is 0 Å². The van der Waals surface area contributed by atoms with Crippen molar-refractivity contribution < 1.29 is 32.2 Å². The molecule has 0 atom stereocenters. The minimum atomic E-state index is -0.763. The number of pyridine rings is 1. The standard InChI is InChI=1S/C29H25F3IN3O4/c1-38-20-6-4-17(26(13-20)39-2)15-35-28-27(32)16(8-9-34-28)10-18-11-21(29(37)40-3)25(14-22(18)30)36-24-7-5-19(33)12-23(24)31/h4-9,11-14,36H,10,15H2,1-3H3,(H,34,35). The molecule has 4 rings (SSSR count). The van der Waals surface area contributed by atoms with Crippen LogP contribution in [0.3, 0.4) is 0 Å². The Labute approximate surface area is 242 Å². The van der Waals surface area contributed by atoms with Crippen LogP contribution in [0.25, 0.3) is 0 Å². The summed E-state index contributed by atoms with van der Waals surface area (Å²) in [7, 11) is 4.24. The van der Waals surface area contributed by atoms with Crippen molar-refractivity contribution in [3.63, 3.8) is 0 Å². The number of aromatic nitrogens is 1. The van der Waals surface area contributed by atoms with Crippen LogP contribution < -0.4 is 20.1 Å². The van der Waals surface area contributed by atoms with Crippen molar-refractivity contribution >= 4 is 45.8 Å². The molecule has 1 aromatic heterocycles. The van der Waals surface area contributed by atoms with Crippen LogP contribution >= 0.6 is 22.6 Å². The Hall–Kier alpha value is -4.00. The summed E-state index contributed by atoms with van der Waals surface area (Å²) >= 11 is 1.96. The third-order valence-electron chi connectivity index (χ3n) is 6.08. The molecule has 3 aromatic carbocycles. The molecular formula is C29H25F3IN3O4. The SMILES string of the molecule is COC(=O)c1cc(Cc2ccnc(NCc3ccc(OC)cc3OC)c2F)c(F)cc1Nc1ccc(I)cc1F. The van der Waals surface area contributed by atoms with Crippen LogP contribution in [-0.2, 0) is 17.7 Å². The Morgan fingerprint density at radius 3 is 2.38 bits per heavy atom. The van der Waals surface area contributed by atoms with Gasteiger partial charge >= 0.3 is 5.97 Å². The third-order valence-corrected chi connectivity index (χ3v) is 6.75. The maximum atomic E-state index is 15.4. The molecule has 4 aromatic rings. The van der Waals surface area contributed by atoms with E-state index in [0.717, 1.165) is 11.6 Å². The highest BCUT2D eigenvalue weighted by atomic mass is 127. The van der Waals surface area contributed by atoms with E-state index in [-0.39, 0.29) is 46.8 Å². The first-order valence-electron chi connectivity index (χ1n) is 11.9. The van der Waals surface area contributed by atoms with Crippen molar-refractivity contribution in [1.82, 2.24) is 4.98 Å². The molecule has 0 aliphatic carbocycles. The van der Waals surface area contributed by atoms with Crippen LogP contribution in [0.15, 0.2) is 60.8 Å². The van der Waals surface area contributed by atoms with Gasteiger partial charge in [-0.25, -0.2) is 22.9 Å². The van der Waals surface area contributed by atoms with Crippen molar-refractivity contribution in [3.05, 3.63) is 104 Å². The van der Waals surface area contributed by atoms with Gasteiger partial charge in [-0.3, -0.25) is 0 Å². The smallest absolute Gasteiger partial charge is 0.339 e. The minimum Gasteiger partial charge on any atom is -0.497 e. The largest absolute Gasteiger partial charge is 0.497 e. The lowest BCUT2D eigenvalue weighted by molar-refractivity contribution is 0.0601. The number of carbonyl (C=O) groups is 1. The summed E-state index contributed by atoms with van der Waals surface area (Å²) in [5, 5.41) is 5.70. The van der Waals surface area contributed by atoms with Crippen LogP contribution in [0.1, 0.15) is 27.0 Å². The van der Waals surface area contributed by atoms with Gasteiger partial charge in [0.1, 0.15) is 23.1 Å². The highest BCUT2D eigenvalue weighted by Crippen LogP contribution is 2.30. The van der Waals surface area contributed by atoms with Gasteiger partial charge in [-0.2, -0.15) is 0 Å². The zero-order chi connectivity index (χ0) is 28.8. The molecule has 1 heterocycles. The predicted molar refractivity (Wildman–Crippen MR) is 154 cm³/mol. The van der Waals surface area contributed by atoms with Gasteiger partial charge in [0.2, 0.25) is 0 Å². The number of hydrogen-bond acceptors (Lipinski definition) is 7. The van der Waals surface area contributed by atoms with Gasteiger partial charge in [0.25, 0.3) is 0 Å². The average Bonchev–Trinajstić information content (AvgIpc) is 2.95. The lowest BCUT2D eigenvalue weighted by Gasteiger charge is -2.15. The van der Waals surface area contributed by atoms with Crippen molar-refractivity contribution in [2.45, 2.75) is 13.0 Å². The Morgan fingerprint density at radius 2 is 1.68 bits per heavy atom. The number of hydrogen-bond donors (Lipinski definition) is 2. The number of methoxy groups -OCH3 is 3. The van der Waals surface area contributed by atoms with E-state index >= 15 is 8.78 Å². The Balaban J connectivity index is 1.60. The fraction of sp³-hybridized carbons (Fsp3) is 0.172. The molecule has 0 fully saturated rings. The van der Waals surface area contributed by atoms with Crippen LogP contribution in [0.2, 0.25) is 0 Å². The first-order valence-corrected chi connectivity index (χ1v) is 13.0. The average molecular weight is 663 g/mol. The van der Waals surface area contributed by atoms with E-state index in [2.05, 4.69) is 15.6 Å². The second kappa shape index (κ2) is 12.9. The molecule has 40 heavy (non-hydrogen) atoms. The molecule has 208 valence electrons. The summed E-state index contributed by atoms with van der Waals surface area (Å²) in [6, 6.07) is 13.5. The lowest BCUT2D eigenvalue weighted by Crippen LogP contribution is -2.10. The Morgan fingerprint density at radius 1 is 0.875 bits per heavy atom. The number of nitrogens with zero attached hydrogens (tertiary/aromatic N) is 1. The highest BCUT2D eigenvalue weighted by Gasteiger charge is 2.20. The van der Waals surface area contributed by atoms with Gasteiger partial charge in [-0.05, 0) is 82.2 Å². The van der Waals surface area contributed by atoms with E-state index in [1.807, 2.05) is 22.6 Å². The molecule has 2 N–H and O–H groups in total. The fourth-order valence-corrected chi connectivity index (χ4v) is 4.45. The van der Waals surface area contributed by atoms with Gasteiger partial charge in [0, 0.05) is 34.4 Å². The number of carbonyl (C=O) groups excluding carboxylic acids is 1. The zero-order valence-electron chi connectivity index (χ0n) is 21.8. The first kappa shape index (κ1) is 29.0. The lowest BCUT2D eigenvalue weighted by atomic mass is 10.0. The Bertz CT molecular complexity index is 1550. The number of ether oxygens (including phenoxy) is 3. The number of nitrogens with one attached hydrogen (secondary N) is 2. The number of benzene rings is 3. The second-order valence-electron chi connectivity index (χ2n) is 8.57. The molecule has 0 radical (unpaired) electrons. The van der Waals surface area contributed by atoms with E-state index in [9.17, 15) is 9.18 Å². The van der Waals surface area contributed by atoms with Crippen LogP contribution in [-0.4, -0.2) is 32.3 Å². The summed E-state index contributed by atoms with van der Waals surface area (Å²) in [5.41, 5.74) is 0.981. The molecule has 0 amide bonds. The van der Waals surface area contributed by atoms with Crippen molar-refractivity contribution in [2.75, 3.05) is 32.0 Å². The highest BCUT2D eigenvalue weighted by molar-refractivity contribution is 14.1. The molecule has 0 spiro atoms. The molecule has 0 saturated carbocycles. The van der Waals surface area contributed by atoms with E-state index < -0.39 is 23.4 Å². The normalized spacial score (nSPS) is 10.7. The zero-order valence-corrected chi connectivity index (χ0v) is 23.9. The van der Waals surface area contributed by atoms with Gasteiger partial charge in [0.05, 0.1) is 38.3 Å². The van der Waals surface area contributed by atoms with Gasteiger partial charge < -0.3 is 24.8 Å². The Kier molecular flexibility index (Phi) is 9.35. The van der Waals surface area contributed by atoms with Crippen LogP contribution in [0.4, 0.5) is 30.4 Å². The molecule has 0 saturated heterocycles. The number of esters is 1. The number of halogens is 4. The molecule has 0 bridgehead atoms. The number of anilines is 3. The van der Waals surface area contributed by atoms with Gasteiger partial charge in [0.15, 0.2) is 11.6 Å². The van der Waals surface area contributed by atoms with Crippen LogP contribution in [0.5, 0.6) is 11.5 Å². The summed E-state index contributed by atoms with van der Waals surface area (Å²) in [6.07, 6.45) is 1.23. The monoisotopic (exact) mass is 663 g/mol. The van der Waals surface area contributed by atoms with Crippen molar-refractivity contribution in [3.8, 4) is 11.5 Å². The predicted octanol–water partition coefficient (Wildman–Crippen LogP) is 6.85. The maximum Gasteiger partial charge on any atom is 0.339 e. The third kappa shape index (κ3) is 6.58. The fourth-order valence-electron chi connectivity index (χ4n) is 4.00. The molecule has 11 heteroatoms. The van der Waals surface area contributed by atoms with Crippen molar-refractivity contribution in [2.24, 2.45) is 0 Å². The molecular weight excluding hydrogens is 638 g/mol. The quantitative estimate of drug-likeness (QED) is 0.142. The van der Waals surface area contributed by atoms with E-state index in [1.54, 1.807) is 31.4 Å². The summed E-state index contributed by atoms with van der Waals surface area (Å²) < 4.78 is 61.2. The van der Waals surface area contributed by atoms with E-state index in [1.165, 1.54) is 44.7 Å². The topological polar surface area (TPSA) is 81.7 Å². The molecule has 7 nitrogen and oxygen atoms in total. The van der Waals surface area contributed by atoms with Crippen LogP contribution in [0, 0.1) is 21.0 Å². The second-order valence-corrected chi connectivity index (χ2v) is 9.82. The van der Waals surface area contributed by atoms with E-state index in [0.29, 0.717) is 15.1 Å². The molecule has 0 unspecified atom stereocenters. The summed E-state index contributed by atoms with van der Waals surface area (Å²) in [4.78, 5) is 16.6. The molecule has 0 aliphatic heterocycles. The van der Waals surface area contributed by atoms with E-state index in [4.69, 9.17) is 14.2 Å². The first-order chi connectivity index (χ1) is 19.2. The summed E-state index contributed by atoms with van der Waals surface area (Å²) in [6.45, 7) is 0.205. The number of rotatable bonds is 10.